The highest BCUT2D eigenvalue weighted by Gasteiger charge is 2.11. The van der Waals surface area contributed by atoms with Gasteiger partial charge >= 0.3 is 0 Å². The third kappa shape index (κ3) is 3.81. The van der Waals surface area contributed by atoms with Gasteiger partial charge in [-0.2, -0.15) is 4.98 Å². The van der Waals surface area contributed by atoms with E-state index in [0.29, 0.717) is 11.7 Å². The minimum absolute atomic E-state index is 0.469. The third-order valence-electron chi connectivity index (χ3n) is 4.26. The maximum absolute atomic E-state index is 5.40. The number of methoxy groups -OCH3 is 2. The van der Waals surface area contributed by atoms with Crippen LogP contribution in [0.1, 0.15) is 0 Å². The summed E-state index contributed by atoms with van der Waals surface area (Å²) in [6, 6.07) is 23.1. The Morgan fingerprint density at radius 2 is 1.46 bits per heavy atom. The van der Waals surface area contributed by atoms with Crippen LogP contribution in [0.15, 0.2) is 77.3 Å². The molecule has 0 aliphatic heterocycles. The Labute approximate surface area is 162 Å². The van der Waals surface area contributed by atoms with Gasteiger partial charge in [0.05, 0.1) is 14.2 Å². The molecule has 6 nitrogen and oxygen atoms in total. The highest BCUT2D eigenvalue weighted by molar-refractivity contribution is 5.66. The average Bonchev–Trinajstić information content (AvgIpc) is 3.25. The van der Waals surface area contributed by atoms with Gasteiger partial charge in [0.1, 0.15) is 11.5 Å². The van der Waals surface area contributed by atoms with Gasteiger partial charge in [0.2, 0.25) is 5.82 Å². The second-order valence-corrected chi connectivity index (χ2v) is 6.09. The minimum atomic E-state index is 0.469. The lowest BCUT2D eigenvalue weighted by Crippen LogP contribution is -1.91. The van der Waals surface area contributed by atoms with E-state index >= 15 is 0 Å². The van der Waals surface area contributed by atoms with Gasteiger partial charge in [-0.3, -0.25) is 0 Å². The van der Waals surface area contributed by atoms with Crippen molar-refractivity contribution in [2.45, 2.75) is 0 Å². The van der Waals surface area contributed by atoms with E-state index in [9.17, 15) is 0 Å². The number of aromatic nitrogens is 2. The lowest BCUT2D eigenvalue weighted by molar-refractivity contribution is 0.414. The summed E-state index contributed by atoms with van der Waals surface area (Å²) in [4.78, 5) is 4.49. The largest absolute Gasteiger partial charge is 0.497 e. The van der Waals surface area contributed by atoms with Gasteiger partial charge in [-0.25, -0.2) is 0 Å². The summed E-state index contributed by atoms with van der Waals surface area (Å²) in [5, 5.41) is 7.43. The Hall–Kier alpha value is -3.80. The third-order valence-corrected chi connectivity index (χ3v) is 4.26. The van der Waals surface area contributed by atoms with Crippen molar-refractivity contribution in [1.82, 2.24) is 10.1 Å². The van der Waals surface area contributed by atoms with Gasteiger partial charge < -0.3 is 19.3 Å². The maximum atomic E-state index is 5.40. The molecule has 0 unspecified atom stereocenters. The van der Waals surface area contributed by atoms with Crippen LogP contribution in [-0.2, 0) is 0 Å². The zero-order valence-corrected chi connectivity index (χ0v) is 15.5. The molecule has 4 aromatic rings. The van der Waals surface area contributed by atoms with Crippen LogP contribution < -0.4 is 14.8 Å². The minimum Gasteiger partial charge on any atom is -0.497 e. The van der Waals surface area contributed by atoms with Crippen LogP contribution in [-0.4, -0.2) is 24.4 Å². The molecule has 0 fully saturated rings. The van der Waals surface area contributed by atoms with E-state index in [1.54, 1.807) is 14.2 Å². The van der Waals surface area contributed by atoms with Crippen LogP contribution in [0.2, 0.25) is 0 Å². The van der Waals surface area contributed by atoms with Crippen molar-refractivity contribution in [3.63, 3.8) is 0 Å². The molecule has 1 N–H and O–H groups in total. The number of nitrogens with zero attached hydrogens (tertiary/aromatic N) is 2. The predicted octanol–water partition coefficient (Wildman–Crippen LogP) is 5.16. The molecule has 0 atom stereocenters. The van der Waals surface area contributed by atoms with Crippen LogP contribution in [0, 0.1) is 0 Å². The molecule has 0 saturated heterocycles. The van der Waals surface area contributed by atoms with Crippen LogP contribution in [0.5, 0.6) is 11.5 Å². The van der Waals surface area contributed by atoms with Crippen molar-refractivity contribution in [1.29, 1.82) is 0 Å². The molecule has 0 aliphatic rings. The van der Waals surface area contributed by atoms with Crippen molar-refractivity contribution in [2.24, 2.45) is 0 Å². The van der Waals surface area contributed by atoms with Gasteiger partial charge in [-0.05, 0) is 60.7 Å². The number of ether oxygens (including phenoxy) is 2. The summed E-state index contributed by atoms with van der Waals surface area (Å²) in [6.45, 7) is 0. The van der Waals surface area contributed by atoms with Crippen LogP contribution in [0.4, 0.5) is 11.4 Å². The van der Waals surface area contributed by atoms with Crippen molar-refractivity contribution in [3.8, 4) is 34.3 Å². The van der Waals surface area contributed by atoms with Crippen LogP contribution in [0.25, 0.3) is 22.8 Å². The van der Waals surface area contributed by atoms with E-state index in [0.717, 1.165) is 34.0 Å². The molecule has 4 rings (SSSR count). The van der Waals surface area contributed by atoms with E-state index < -0.39 is 0 Å². The fourth-order valence-electron chi connectivity index (χ4n) is 2.76. The summed E-state index contributed by atoms with van der Waals surface area (Å²) in [7, 11) is 3.28. The van der Waals surface area contributed by atoms with E-state index in [2.05, 4.69) is 15.5 Å². The molecule has 28 heavy (non-hydrogen) atoms. The molecule has 0 bridgehead atoms. The Balaban J connectivity index is 1.50. The van der Waals surface area contributed by atoms with Gasteiger partial charge in [-0.1, -0.05) is 11.2 Å². The first-order valence-electron chi connectivity index (χ1n) is 8.75. The van der Waals surface area contributed by atoms with Crippen molar-refractivity contribution in [2.75, 3.05) is 19.5 Å². The number of hydrogen-bond donors (Lipinski definition) is 1. The SMILES string of the molecule is COc1ccc(-c2nc(-c3ccc(Nc4cccc(OC)c4)cc3)no2)cc1. The van der Waals surface area contributed by atoms with Crippen molar-refractivity contribution in [3.05, 3.63) is 72.8 Å². The first kappa shape index (κ1) is 17.6. The predicted molar refractivity (Wildman–Crippen MR) is 108 cm³/mol. The highest BCUT2D eigenvalue weighted by atomic mass is 16.5. The summed E-state index contributed by atoms with van der Waals surface area (Å²) >= 11 is 0. The van der Waals surface area contributed by atoms with E-state index in [1.165, 1.54) is 0 Å². The monoisotopic (exact) mass is 373 g/mol. The quantitative estimate of drug-likeness (QED) is 0.503. The lowest BCUT2D eigenvalue weighted by Gasteiger charge is -2.08. The number of benzene rings is 3. The molecule has 3 aromatic carbocycles. The fraction of sp³-hybridized carbons (Fsp3) is 0.0909. The lowest BCUT2D eigenvalue weighted by atomic mass is 10.2. The first-order valence-corrected chi connectivity index (χ1v) is 8.75. The Morgan fingerprint density at radius 3 is 2.18 bits per heavy atom. The summed E-state index contributed by atoms with van der Waals surface area (Å²) in [6.07, 6.45) is 0. The second-order valence-electron chi connectivity index (χ2n) is 6.09. The smallest absolute Gasteiger partial charge is 0.258 e. The Bertz CT molecular complexity index is 1060. The molecule has 0 radical (unpaired) electrons. The van der Waals surface area contributed by atoms with Gasteiger partial charge in [0, 0.05) is 28.6 Å². The Morgan fingerprint density at radius 1 is 0.750 bits per heavy atom. The van der Waals surface area contributed by atoms with E-state index in [1.807, 2.05) is 72.8 Å². The zero-order valence-electron chi connectivity index (χ0n) is 15.5. The first-order chi connectivity index (χ1) is 13.7. The van der Waals surface area contributed by atoms with Crippen molar-refractivity contribution >= 4 is 11.4 Å². The summed E-state index contributed by atoms with van der Waals surface area (Å²) in [5.41, 5.74) is 3.62. The fourth-order valence-corrected chi connectivity index (χ4v) is 2.76. The average molecular weight is 373 g/mol. The molecule has 1 heterocycles. The highest BCUT2D eigenvalue weighted by Crippen LogP contribution is 2.26. The van der Waals surface area contributed by atoms with Crippen molar-refractivity contribution < 1.29 is 14.0 Å². The number of rotatable bonds is 6. The molecule has 0 amide bonds. The maximum Gasteiger partial charge on any atom is 0.258 e. The molecule has 6 heteroatoms. The molecule has 1 aromatic heterocycles. The van der Waals surface area contributed by atoms with Gasteiger partial charge in [0.15, 0.2) is 0 Å². The van der Waals surface area contributed by atoms with Gasteiger partial charge in [0.25, 0.3) is 5.89 Å². The normalized spacial score (nSPS) is 10.5. The Kier molecular flexibility index (Phi) is 4.93. The molecule has 0 aliphatic carbocycles. The van der Waals surface area contributed by atoms with Crippen LogP contribution in [0.3, 0.4) is 0 Å². The number of hydrogen-bond acceptors (Lipinski definition) is 6. The summed E-state index contributed by atoms with van der Waals surface area (Å²) in [5.74, 6) is 2.59. The molecule has 0 saturated carbocycles. The van der Waals surface area contributed by atoms with E-state index in [-0.39, 0.29) is 0 Å². The van der Waals surface area contributed by atoms with Crippen LogP contribution >= 0.6 is 0 Å². The molecule has 0 spiro atoms. The molecular formula is C22H19N3O3. The molecule has 140 valence electrons. The zero-order chi connectivity index (χ0) is 19.3. The molecular weight excluding hydrogens is 354 g/mol. The second kappa shape index (κ2) is 7.84. The number of anilines is 2. The topological polar surface area (TPSA) is 69.4 Å². The standard InChI is InChI=1S/C22H19N3O3/c1-26-19-12-8-16(9-13-19)22-24-21(25-28-22)15-6-10-17(11-7-15)23-18-4-3-5-20(14-18)27-2/h3-14,23H,1-2H3. The van der Waals surface area contributed by atoms with E-state index in [4.69, 9.17) is 14.0 Å². The summed E-state index contributed by atoms with van der Waals surface area (Å²) < 4.78 is 15.8. The van der Waals surface area contributed by atoms with Gasteiger partial charge in [-0.15, -0.1) is 0 Å². The number of nitrogens with one attached hydrogen (secondary N) is 1.